The summed E-state index contributed by atoms with van der Waals surface area (Å²) in [5, 5.41) is 2.27. The Labute approximate surface area is 238 Å². The Kier molecular flexibility index (Phi) is 10.1. The Morgan fingerprint density at radius 2 is 1.24 bits per heavy atom. The summed E-state index contributed by atoms with van der Waals surface area (Å²) in [6.45, 7) is 5.94. The van der Waals surface area contributed by atoms with E-state index in [4.69, 9.17) is 9.47 Å². The van der Waals surface area contributed by atoms with Crippen molar-refractivity contribution in [1.29, 1.82) is 0 Å². The molecule has 1 saturated heterocycles. The maximum Gasteiger partial charge on any atom is 0.193 e. The topological polar surface area (TPSA) is 18.5 Å². The van der Waals surface area contributed by atoms with E-state index in [0.717, 1.165) is 6.42 Å². The molecule has 1 aliphatic rings. The summed E-state index contributed by atoms with van der Waals surface area (Å²) in [7, 11) is 0. The zero-order valence-electron chi connectivity index (χ0n) is 22.1. The molecular formula is C31H38O2S4. The van der Waals surface area contributed by atoms with Gasteiger partial charge in [-0.2, -0.15) is 0 Å². The molecule has 4 aromatic heterocycles. The molecule has 0 aromatic carbocycles. The number of hydrogen-bond donors (Lipinski definition) is 0. The fraction of sp³-hybridized carbons (Fsp3) is 0.484. The van der Waals surface area contributed by atoms with Gasteiger partial charge in [0.2, 0.25) is 0 Å². The molecule has 0 spiro atoms. The Hall–Kier alpha value is -1.28. The van der Waals surface area contributed by atoms with Gasteiger partial charge in [0, 0.05) is 29.3 Å². The third-order valence-corrected chi connectivity index (χ3v) is 11.8. The fourth-order valence-corrected chi connectivity index (χ4v) is 9.48. The standard InChI is InChI=1S/C31H38O2S4/c1-3-5-7-9-11-22-17-20-34-29(22)26-15-13-24(35-26)25-14-16-27(36-25)30-23(12-10-8-6-4-2)21-28(37-30)31-32-18-19-33-31/h13-17,20-21,31H,3-12,18-19H2,1-2H3. The molecule has 4 aromatic rings. The van der Waals surface area contributed by atoms with Crippen LogP contribution in [0.3, 0.4) is 0 Å². The summed E-state index contributed by atoms with van der Waals surface area (Å²) in [6.07, 6.45) is 12.6. The van der Waals surface area contributed by atoms with Crippen molar-refractivity contribution in [2.24, 2.45) is 0 Å². The largest absolute Gasteiger partial charge is 0.345 e. The highest BCUT2D eigenvalue weighted by Gasteiger charge is 2.23. The quantitative estimate of drug-likeness (QED) is 0.140. The van der Waals surface area contributed by atoms with Gasteiger partial charge in [-0.1, -0.05) is 52.4 Å². The van der Waals surface area contributed by atoms with Crippen molar-refractivity contribution in [3.8, 4) is 29.3 Å². The molecule has 1 fully saturated rings. The molecule has 0 amide bonds. The van der Waals surface area contributed by atoms with Gasteiger partial charge in [-0.3, -0.25) is 0 Å². The van der Waals surface area contributed by atoms with E-state index < -0.39 is 0 Å². The average molecular weight is 571 g/mol. The highest BCUT2D eigenvalue weighted by Crippen LogP contribution is 2.46. The van der Waals surface area contributed by atoms with E-state index in [9.17, 15) is 0 Å². The second kappa shape index (κ2) is 13.7. The highest BCUT2D eigenvalue weighted by molar-refractivity contribution is 7.28. The highest BCUT2D eigenvalue weighted by atomic mass is 32.1. The van der Waals surface area contributed by atoms with Gasteiger partial charge in [0.05, 0.1) is 18.1 Å². The van der Waals surface area contributed by atoms with Crippen molar-refractivity contribution in [3.05, 3.63) is 57.8 Å². The van der Waals surface area contributed by atoms with Crippen LogP contribution < -0.4 is 0 Å². The predicted molar refractivity (Wildman–Crippen MR) is 165 cm³/mol. The van der Waals surface area contributed by atoms with E-state index in [2.05, 4.69) is 55.6 Å². The zero-order chi connectivity index (χ0) is 25.5. The third kappa shape index (κ3) is 6.84. The van der Waals surface area contributed by atoms with E-state index in [-0.39, 0.29) is 6.29 Å². The molecule has 6 heteroatoms. The van der Waals surface area contributed by atoms with Crippen molar-refractivity contribution in [1.82, 2.24) is 0 Å². The summed E-state index contributed by atoms with van der Waals surface area (Å²) in [6, 6.07) is 14.0. The summed E-state index contributed by atoms with van der Waals surface area (Å²) >= 11 is 7.63. The van der Waals surface area contributed by atoms with Crippen molar-refractivity contribution in [2.45, 2.75) is 84.3 Å². The molecule has 5 rings (SSSR count). The van der Waals surface area contributed by atoms with Crippen molar-refractivity contribution in [2.75, 3.05) is 13.2 Å². The third-order valence-electron chi connectivity index (χ3n) is 6.93. The molecule has 0 N–H and O–H groups in total. The molecule has 0 radical (unpaired) electrons. The van der Waals surface area contributed by atoms with Crippen molar-refractivity contribution < 1.29 is 9.47 Å². The van der Waals surface area contributed by atoms with Gasteiger partial charge in [-0.25, -0.2) is 0 Å². The van der Waals surface area contributed by atoms with Crippen LogP contribution >= 0.6 is 45.3 Å². The van der Waals surface area contributed by atoms with Gasteiger partial charge in [0.25, 0.3) is 0 Å². The van der Waals surface area contributed by atoms with E-state index in [1.165, 1.54) is 103 Å². The number of aryl methyl sites for hydroxylation is 2. The van der Waals surface area contributed by atoms with E-state index in [1.807, 2.05) is 45.3 Å². The van der Waals surface area contributed by atoms with Crippen LogP contribution in [0, 0.1) is 0 Å². The number of unbranched alkanes of at least 4 members (excludes halogenated alkanes) is 6. The fourth-order valence-electron chi connectivity index (χ4n) is 4.90. The second-order valence-electron chi connectivity index (χ2n) is 9.80. The molecule has 5 heterocycles. The van der Waals surface area contributed by atoms with Gasteiger partial charge in [-0.15, -0.1) is 45.3 Å². The first-order valence-corrected chi connectivity index (χ1v) is 17.2. The molecule has 0 atom stereocenters. The van der Waals surface area contributed by atoms with Crippen LogP contribution in [0.2, 0.25) is 0 Å². The monoisotopic (exact) mass is 570 g/mol. The number of ether oxygens (including phenoxy) is 2. The molecular weight excluding hydrogens is 533 g/mol. The van der Waals surface area contributed by atoms with Crippen LogP contribution in [0.25, 0.3) is 29.3 Å². The first-order chi connectivity index (χ1) is 18.3. The molecule has 0 bridgehead atoms. The lowest BCUT2D eigenvalue weighted by molar-refractivity contribution is -0.0413. The smallest absolute Gasteiger partial charge is 0.193 e. The van der Waals surface area contributed by atoms with E-state index >= 15 is 0 Å². The summed E-state index contributed by atoms with van der Waals surface area (Å²) in [5.41, 5.74) is 2.98. The first-order valence-electron chi connectivity index (χ1n) is 13.9. The molecule has 0 unspecified atom stereocenters. The maximum atomic E-state index is 5.84. The van der Waals surface area contributed by atoms with Crippen molar-refractivity contribution in [3.63, 3.8) is 0 Å². The number of hydrogen-bond acceptors (Lipinski definition) is 6. The van der Waals surface area contributed by atoms with Crippen LogP contribution in [0.4, 0.5) is 0 Å². The van der Waals surface area contributed by atoms with E-state index in [0.29, 0.717) is 13.2 Å². The van der Waals surface area contributed by atoms with Crippen molar-refractivity contribution >= 4 is 45.3 Å². The summed E-state index contributed by atoms with van der Waals surface area (Å²) < 4.78 is 11.7. The Morgan fingerprint density at radius 1 is 0.649 bits per heavy atom. The maximum absolute atomic E-state index is 5.84. The summed E-state index contributed by atoms with van der Waals surface area (Å²) in [5.74, 6) is 0. The van der Waals surface area contributed by atoms with Crippen LogP contribution in [0.15, 0.2) is 41.8 Å². The zero-order valence-corrected chi connectivity index (χ0v) is 25.3. The lowest BCUT2D eigenvalue weighted by atomic mass is 10.1. The van der Waals surface area contributed by atoms with Gasteiger partial charge in [-0.05, 0) is 78.6 Å². The van der Waals surface area contributed by atoms with Gasteiger partial charge < -0.3 is 9.47 Å². The van der Waals surface area contributed by atoms with E-state index in [1.54, 1.807) is 0 Å². The van der Waals surface area contributed by atoms with Gasteiger partial charge in [0.1, 0.15) is 0 Å². The van der Waals surface area contributed by atoms with Crippen LogP contribution in [0.1, 0.15) is 87.5 Å². The van der Waals surface area contributed by atoms with Crippen LogP contribution in [-0.2, 0) is 22.3 Å². The first kappa shape index (κ1) is 27.3. The van der Waals surface area contributed by atoms with Gasteiger partial charge in [0.15, 0.2) is 6.29 Å². The summed E-state index contributed by atoms with van der Waals surface area (Å²) in [4.78, 5) is 9.63. The molecule has 0 aliphatic carbocycles. The normalized spacial score (nSPS) is 14.2. The Morgan fingerprint density at radius 3 is 1.89 bits per heavy atom. The number of thiophene rings is 4. The number of rotatable bonds is 14. The predicted octanol–water partition coefficient (Wildman–Crippen LogP) is 11.2. The minimum atomic E-state index is -0.186. The molecule has 198 valence electrons. The molecule has 0 saturated carbocycles. The minimum absolute atomic E-state index is 0.186. The Bertz CT molecular complexity index is 1240. The SMILES string of the molecule is CCCCCCc1ccsc1-c1ccc(-c2ccc(-c3sc(C4OCCO4)cc3CCCCCC)s2)s1. The molecule has 37 heavy (non-hydrogen) atoms. The van der Waals surface area contributed by atoms with Crippen LogP contribution in [0.5, 0.6) is 0 Å². The average Bonchev–Trinajstić information content (AvgIpc) is 3.73. The second-order valence-corrected chi connectivity index (χ2v) is 14.0. The molecule has 1 aliphatic heterocycles. The van der Waals surface area contributed by atoms with Crippen LogP contribution in [-0.4, -0.2) is 13.2 Å². The lowest BCUT2D eigenvalue weighted by Crippen LogP contribution is -1.94. The van der Waals surface area contributed by atoms with Gasteiger partial charge >= 0.3 is 0 Å². The lowest BCUT2D eigenvalue weighted by Gasteiger charge is -2.04. The Balaban J connectivity index is 1.33. The molecule has 2 nitrogen and oxygen atoms in total. The minimum Gasteiger partial charge on any atom is -0.345 e.